The maximum Gasteiger partial charge on any atom is 0.307 e. The number of carbonyl (C=O) groups excluding carboxylic acids is 1. The summed E-state index contributed by atoms with van der Waals surface area (Å²) in [4.78, 5) is 21.6. The van der Waals surface area contributed by atoms with Gasteiger partial charge in [0, 0.05) is 11.8 Å². The third kappa shape index (κ3) is 6.77. The van der Waals surface area contributed by atoms with E-state index in [0.717, 1.165) is 0 Å². The Morgan fingerprint density at radius 2 is 1.93 bits per heavy atom. The van der Waals surface area contributed by atoms with Gasteiger partial charge in [-0.15, -0.1) is 0 Å². The van der Waals surface area contributed by atoms with Crippen LogP contribution >= 0.6 is 11.8 Å². The Morgan fingerprint density at radius 3 is 2.36 bits per heavy atom. The van der Waals surface area contributed by atoms with Crippen molar-refractivity contribution in [2.24, 2.45) is 5.92 Å². The van der Waals surface area contributed by atoms with Gasteiger partial charge >= 0.3 is 5.97 Å². The molecule has 0 aromatic heterocycles. The van der Waals surface area contributed by atoms with Crippen molar-refractivity contribution in [3.8, 4) is 0 Å². The van der Waals surface area contributed by atoms with Gasteiger partial charge in [0.25, 0.3) is 0 Å². The first-order chi connectivity index (χ1) is 6.43. The number of aliphatic carboxylic acids is 1. The van der Waals surface area contributed by atoms with Crippen molar-refractivity contribution in [1.29, 1.82) is 0 Å². The molecule has 0 rings (SSSR count). The molecule has 0 saturated heterocycles. The number of thioether (sulfide) groups is 1. The van der Waals surface area contributed by atoms with Crippen molar-refractivity contribution in [2.45, 2.75) is 26.8 Å². The third-order valence-corrected chi connectivity index (χ3v) is 2.67. The topological polar surface area (TPSA) is 66.4 Å². The summed E-state index contributed by atoms with van der Waals surface area (Å²) in [5.74, 6) is -0.451. The smallest absolute Gasteiger partial charge is 0.307 e. The Kier molecular flexibility index (Phi) is 6.36. The summed E-state index contributed by atoms with van der Waals surface area (Å²) in [5, 5.41) is 11.3. The number of hydrogen-bond donors (Lipinski definition) is 2. The number of rotatable bonds is 6. The Hall–Kier alpha value is -0.710. The minimum absolute atomic E-state index is 0.0393. The summed E-state index contributed by atoms with van der Waals surface area (Å²) in [7, 11) is 0. The monoisotopic (exact) mass is 219 g/mol. The Labute approximate surface area is 88.4 Å². The number of amides is 1. The van der Waals surface area contributed by atoms with Crippen molar-refractivity contribution >= 4 is 23.6 Å². The van der Waals surface area contributed by atoms with Crippen molar-refractivity contribution in [1.82, 2.24) is 5.32 Å². The maximum atomic E-state index is 11.1. The van der Waals surface area contributed by atoms with Gasteiger partial charge in [-0.25, -0.2) is 0 Å². The first-order valence-electron chi connectivity index (χ1n) is 4.53. The molecule has 0 aromatic carbocycles. The third-order valence-electron chi connectivity index (χ3n) is 1.47. The van der Waals surface area contributed by atoms with Gasteiger partial charge in [-0.05, 0) is 13.8 Å². The van der Waals surface area contributed by atoms with Gasteiger partial charge in [0.1, 0.15) is 0 Å². The number of nitrogens with one attached hydrogen (secondary N) is 1. The lowest BCUT2D eigenvalue weighted by atomic mass is 10.2. The van der Waals surface area contributed by atoms with E-state index in [0.29, 0.717) is 11.5 Å². The molecule has 0 spiro atoms. The van der Waals surface area contributed by atoms with Crippen LogP contribution in [0.5, 0.6) is 0 Å². The second-order valence-corrected chi connectivity index (χ2v) is 4.51. The predicted octanol–water partition coefficient (Wildman–Crippen LogP) is 0.965. The summed E-state index contributed by atoms with van der Waals surface area (Å²) in [6, 6.07) is 0.139. The molecule has 82 valence electrons. The molecule has 0 aromatic rings. The fraction of sp³-hybridized carbons (Fsp3) is 0.778. The maximum absolute atomic E-state index is 11.1. The SMILES string of the molecule is CC(C)NC(=O)CSCC(C)C(=O)O. The molecule has 0 aliphatic heterocycles. The van der Waals surface area contributed by atoms with E-state index in [1.165, 1.54) is 11.8 Å². The molecule has 0 radical (unpaired) electrons. The number of carbonyl (C=O) groups is 2. The molecule has 1 atom stereocenters. The molecule has 2 N–H and O–H groups in total. The first kappa shape index (κ1) is 13.3. The van der Waals surface area contributed by atoms with E-state index in [4.69, 9.17) is 5.11 Å². The average molecular weight is 219 g/mol. The zero-order valence-corrected chi connectivity index (χ0v) is 9.56. The predicted molar refractivity (Wildman–Crippen MR) is 57.4 cm³/mol. The lowest BCUT2D eigenvalue weighted by Gasteiger charge is -2.08. The molecule has 1 unspecified atom stereocenters. The molecule has 0 saturated carbocycles. The standard InChI is InChI=1S/C9H17NO3S/c1-6(2)10-8(11)5-14-4-7(3)9(12)13/h6-7H,4-5H2,1-3H3,(H,10,11)(H,12,13). The fourth-order valence-corrected chi connectivity index (χ4v) is 1.65. The summed E-state index contributed by atoms with van der Waals surface area (Å²) in [6.07, 6.45) is 0. The van der Waals surface area contributed by atoms with Crippen LogP contribution in [0.3, 0.4) is 0 Å². The summed E-state index contributed by atoms with van der Waals surface area (Å²) in [5.41, 5.74) is 0. The van der Waals surface area contributed by atoms with E-state index < -0.39 is 11.9 Å². The molecule has 0 heterocycles. The molecular formula is C9H17NO3S. The number of hydrogen-bond acceptors (Lipinski definition) is 3. The Bertz CT molecular complexity index is 206. The molecule has 5 heteroatoms. The van der Waals surface area contributed by atoms with E-state index >= 15 is 0 Å². The normalized spacial score (nSPS) is 12.6. The van der Waals surface area contributed by atoms with E-state index in [2.05, 4.69) is 5.32 Å². The van der Waals surface area contributed by atoms with Crippen LogP contribution < -0.4 is 5.32 Å². The first-order valence-corrected chi connectivity index (χ1v) is 5.69. The van der Waals surface area contributed by atoms with E-state index in [9.17, 15) is 9.59 Å². The Balaban J connectivity index is 3.54. The summed E-state index contributed by atoms with van der Waals surface area (Å²) >= 11 is 1.35. The van der Waals surface area contributed by atoms with Gasteiger partial charge < -0.3 is 10.4 Å². The van der Waals surface area contributed by atoms with Crippen LogP contribution in [0.25, 0.3) is 0 Å². The fourth-order valence-electron chi connectivity index (χ4n) is 0.763. The summed E-state index contributed by atoms with van der Waals surface area (Å²) in [6.45, 7) is 5.42. The van der Waals surface area contributed by atoms with Crippen LogP contribution in [0.15, 0.2) is 0 Å². The quantitative estimate of drug-likeness (QED) is 0.698. The minimum Gasteiger partial charge on any atom is -0.481 e. The second-order valence-electron chi connectivity index (χ2n) is 3.48. The van der Waals surface area contributed by atoms with E-state index in [1.807, 2.05) is 13.8 Å². The van der Waals surface area contributed by atoms with Crippen LogP contribution in [0, 0.1) is 5.92 Å². The Morgan fingerprint density at radius 1 is 1.36 bits per heavy atom. The van der Waals surface area contributed by atoms with Crippen LogP contribution in [-0.2, 0) is 9.59 Å². The van der Waals surface area contributed by atoms with Crippen LogP contribution in [0.2, 0.25) is 0 Å². The molecule has 1 amide bonds. The van der Waals surface area contributed by atoms with Crippen molar-refractivity contribution in [2.75, 3.05) is 11.5 Å². The van der Waals surface area contributed by atoms with E-state index in [1.54, 1.807) is 6.92 Å². The van der Waals surface area contributed by atoms with Crippen LogP contribution in [-0.4, -0.2) is 34.5 Å². The molecular weight excluding hydrogens is 202 g/mol. The minimum atomic E-state index is -0.818. The zero-order valence-electron chi connectivity index (χ0n) is 8.74. The second kappa shape index (κ2) is 6.70. The van der Waals surface area contributed by atoms with Crippen LogP contribution in [0.4, 0.5) is 0 Å². The van der Waals surface area contributed by atoms with Crippen LogP contribution in [0.1, 0.15) is 20.8 Å². The lowest BCUT2D eigenvalue weighted by molar-refractivity contribution is -0.140. The molecule has 0 aliphatic carbocycles. The van der Waals surface area contributed by atoms with Crippen molar-refractivity contribution < 1.29 is 14.7 Å². The van der Waals surface area contributed by atoms with Gasteiger partial charge in [-0.1, -0.05) is 6.92 Å². The highest BCUT2D eigenvalue weighted by Crippen LogP contribution is 2.07. The molecule has 0 aliphatic rings. The van der Waals surface area contributed by atoms with Gasteiger partial charge in [-0.2, -0.15) is 11.8 Å². The van der Waals surface area contributed by atoms with Gasteiger partial charge in [0.05, 0.1) is 11.7 Å². The van der Waals surface area contributed by atoms with Crippen molar-refractivity contribution in [3.63, 3.8) is 0 Å². The molecule has 4 nitrogen and oxygen atoms in total. The zero-order chi connectivity index (χ0) is 11.1. The van der Waals surface area contributed by atoms with Gasteiger partial charge in [0.15, 0.2) is 0 Å². The summed E-state index contributed by atoms with van der Waals surface area (Å²) < 4.78 is 0. The largest absolute Gasteiger partial charge is 0.481 e. The highest BCUT2D eigenvalue weighted by atomic mass is 32.2. The van der Waals surface area contributed by atoms with Gasteiger partial charge in [0.2, 0.25) is 5.91 Å². The molecule has 14 heavy (non-hydrogen) atoms. The van der Waals surface area contributed by atoms with E-state index in [-0.39, 0.29) is 11.9 Å². The highest BCUT2D eigenvalue weighted by molar-refractivity contribution is 7.99. The number of carboxylic acid groups (broad SMARTS) is 1. The van der Waals surface area contributed by atoms with Gasteiger partial charge in [-0.3, -0.25) is 9.59 Å². The highest BCUT2D eigenvalue weighted by Gasteiger charge is 2.11. The lowest BCUT2D eigenvalue weighted by Crippen LogP contribution is -2.31. The molecule has 0 fully saturated rings. The average Bonchev–Trinajstić information content (AvgIpc) is 2.02. The van der Waals surface area contributed by atoms with Crippen molar-refractivity contribution in [3.05, 3.63) is 0 Å². The molecule has 0 bridgehead atoms. The number of carboxylic acids is 1.